The van der Waals surface area contributed by atoms with Crippen molar-refractivity contribution < 1.29 is 19.8 Å². The van der Waals surface area contributed by atoms with Gasteiger partial charge in [0.25, 0.3) is 5.91 Å². The molecule has 15 heavy (non-hydrogen) atoms. The molecule has 78 valence electrons. The second-order valence-corrected chi connectivity index (χ2v) is 2.66. The van der Waals surface area contributed by atoms with E-state index >= 15 is 0 Å². The molecule has 0 aromatic heterocycles. The lowest BCUT2D eigenvalue weighted by molar-refractivity contribution is -0.112. The van der Waals surface area contributed by atoms with E-state index in [9.17, 15) is 9.59 Å². The number of nitrogens with one attached hydrogen (secondary N) is 1. The van der Waals surface area contributed by atoms with Crippen LogP contribution in [0.1, 0.15) is 10.4 Å². The highest BCUT2D eigenvalue weighted by Crippen LogP contribution is 2.14. The molecule has 1 rings (SSSR count). The molecule has 1 aromatic carbocycles. The number of benzene rings is 1. The van der Waals surface area contributed by atoms with Crippen LogP contribution in [0.3, 0.4) is 0 Å². The number of carboxylic acid groups (broad SMARTS) is 1. The summed E-state index contributed by atoms with van der Waals surface area (Å²) in [6, 6.07) is 6.00. The Morgan fingerprint density at radius 1 is 1.27 bits per heavy atom. The minimum absolute atomic E-state index is 0.00260. The summed E-state index contributed by atoms with van der Waals surface area (Å²) in [5, 5.41) is 19.5. The summed E-state index contributed by atoms with van der Waals surface area (Å²) in [7, 11) is 0. The van der Waals surface area contributed by atoms with Gasteiger partial charge in [0.05, 0.1) is 17.5 Å². The van der Waals surface area contributed by atoms with Gasteiger partial charge in [-0.1, -0.05) is 12.1 Å². The molecule has 5 nitrogen and oxygen atoms in total. The molecule has 0 saturated carbocycles. The van der Waals surface area contributed by atoms with Crippen LogP contribution in [0.5, 0.6) is 0 Å². The van der Waals surface area contributed by atoms with E-state index < -0.39 is 11.9 Å². The monoisotopic (exact) mass is 207 g/mol. The third-order valence-corrected chi connectivity index (χ3v) is 1.64. The van der Waals surface area contributed by atoms with Gasteiger partial charge in [-0.3, -0.25) is 4.79 Å². The number of aliphatic hydroxyl groups is 1. The van der Waals surface area contributed by atoms with Crippen LogP contribution < -0.4 is 5.32 Å². The Morgan fingerprint density at radius 3 is 2.53 bits per heavy atom. The van der Waals surface area contributed by atoms with Gasteiger partial charge in [0.2, 0.25) is 0 Å². The Labute approximate surface area is 85.7 Å². The van der Waals surface area contributed by atoms with E-state index in [4.69, 9.17) is 10.2 Å². The zero-order valence-corrected chi connectivity index (χ0v) is 7.68. The SMILES string of the molecule is O=C(C=CO)Nc1ccccc1C(=O)O. The van der Waals surface area contributed by atoms with E-state index in [1.165, 1.54) is 12.1 Å². The summed E-state index contributed by atoms with van der Waals surface area (Å²) < 4.78 is 0. The summed E-state index contributed by atoms with van der Waals surface area (Å²) in [4.78, 5) is 21.8. The third-order valence-electron chi connectivity index (χ3n) is 1.64. The van der Waals surface area contributed by atoms with Crippen LogP contribution >= 0.6 is 0 Å². The fourth-order valence-corrected chi connectivity index (χ4v) is 1.02. The van der Waals surface area contributed by atoms with Crippen LogP contribution in [-0.2, 0) is 4.79 Å². The normalized spacial score (nSPS) is 10.1. The lowest BCUT2D eigenvalue weighted by atomic mass is 10.2. The Hall–Kier alpha value is -2.30. The van der Waals surface area contributed by atoms with Gasteiger partial charge >= 0.3 is 5.97 Å². The average molecular weight is 207 g/mol. The first-order valence-electron chi connectivity index (χ1n) is 4.09. The number of hydrogen-bond donors (Lipinski definition) is 3. The number of aromatic carboxylic acids is 1. The fourth-order valence-electron chi connectivity index (χ4n) is 1.02. The van der Waals surface area contributed by atoms with E-state index in [1.54, 1.807) is 12.1 Å². The molecule has 0 aliphatic heterocycles. The molecule has 0 radical (unpaired) electrons. The lowest BCUT2D eigenvalue weighted by Gasteiger charge is -2.05. The van der Waals surface area contributed by atoms with E-state index in [0.717, 1.165) is 6.08 Å². The Balaban J connectivity index is 2.94. The lowest BCUT2D eigenvalue weighted by Crippen LogP contribution is -2.11. The second kappa shape index (κ2) is 4.80. The van der Waals surface area contributed by atoms with Crippen molar-refractivity contribution in [1.82, 2.24) is 0 Å². The van der Waals surface area contributed by atoms with Gasteiger partial charge in [0.15, 0.2) is 0 Å². The number of carbonyl (C=O) groups is 2. The zero-order valence-electron chi connectivity index (χ0n) is 7.68. The minimum atomic E-state index is -1.13. The van der Waals surface area contributed by atoms with E-state index in [2.05, 4.69) is 5.32 Å². The van der Waals surface area contributed by atoms with E-state index in [0.29, 0.717) is 6.26 Å². The first-order chi connectivity index (χ1) is 7.15. The van der Waals surface area contributed by atoms with E-state index in [1.807, 2.05) is 0 Å². The Morgan fingerprint density at radius 2 is 1.93 bits per heavy atom. The summed E-state index contributed by atoms with van der Waals surface area (Å²) in [6.07, 6.45) is 1.47. The standard InChI is InChI=1S/C10H9NO4/c12-6-5-9(13)11-8-4-2-1-3-7(8)10(14)15/h1-6,12H,(H,11,13)(H,14,15). The molecule has 0 saturated heterocycles. The average Bonchev–Trinajstić information content (AvgIpc) is 2.18. The smallest absolute Gasteiger partial charge is 0.337 e. The predicted molar refractivity (Wildman–Crippen MR) is 53.8 cm³/mol. The van der Waals surface area contributed by atoms with Gasteiger partial charge < -0.3 is 15.5 Å². The molecule has 0 aliphatic rings. The van der Waals surface area contributed by atoms with Crippen molar-refractivity contribution in [2.45, 2.75) is 0 Å². The number of carboxylic acids is 1. The van der Waals surface area contributed by atoms with Crippen LogP contribution in [0, 0.1) is 0 Å². The maximum absolute atomic E-state index is 11.0. The Bertz CT molecular complexity index is 412. The summed E-state index contributed by atoms with van der Waals surface area (Å²) in [6.45, 7) is 0. The van der Waals surface area contributed by atoms with Crippen molar-refractivity contribution in [3.8, 4) is 0 Å². The first kappa shape index (κ1) is 10.8. The van der Waals surface area contributed by atoms with Gasteiger partial charge in [-0.2, -0.15) is 0 Å². The van der Waals surface area contributed by atoms with Crippen LogP contribution in [0.2, 0.25) is 0 Å². The highest BCUT2D eigenvalue weighted by atomic mass is 16.4. The quantitative estimate of drug-likeness (QED) is 0.516. The van der Waals surface area contributed by atoms with Crippen molar-refractivity contribution in [3.05, 3.63) is 42.2 Å². The molecule has 0 heterocycles. The second-order valence-electron chi connectivity index (χ2n) is 2.66. The molecule has 0 fully saturated rings. The Kier molecular flexibility index (Phi) is 3.45. The third kappa shape index (κ3) is 2.84. The van der Waals surface area contributed by atoms with Crippen LogP contribution in [-0.4, -0.2) is 22.1 Å². The molecule has 5 heteroatoms. The molecule has 0 aliphatic carbocycles. The van der Waals surface area contributed by atoms with Crippen LogP contribution in [0.25, 0.3) is 0 Å². The molecule has 0 spiro atoms. The van der Waals surface area contributed by atoms with Crippen molar-refractivity contribution in [2.75, 3.05) is 5.32 Å². The topological polar surface area (TPSA) is 86.6 Å². The summed E-state index contributed by atoms with van der Waals surface area (Å²) in [5.74, 6) is -1.72. The highest BCUT2D eigenvalue weighted by molar-refractivity contribution is 6.04. The van der Waals surface area contributed by atoms with Crippen molar-refractivity contribution in [2.24, 2.45) is 0 Å². The van der Waals surface area contributed by atoms with Crippen LogP contribution in [0.4, 0.5) is 5.69 Å². The highest BCUT2D eigenvalue weighted by Gasteiger charge is 2.09. The van der Waals surface area contributed by atoms with Gasteiger partial charge in [-0.15, -0.1) is 0 Å². The summed E-state index contributed by atoms with van der Waals surface area (Å²) >= 11 is 0. The van der Waals surface area contributed by atoms with Gasteiger partial charge in [-0.25, -0.2) is 4.79 Å². The first-order valence-corrected chi connectivity index (χ1v) is 4.09. The molecule has 0 unspecified atom stereocenters. The number of anilines is 1. The van der Waals surface area contributed by atoms with Gasteiger partial charge in [-0.05, 0) is 12.1 Å². The van der Waals surface area contributed by atoms with Crippen LogP contribution in [0.15, 0.2) is 36.6 Å². The number of rotatable bonds is 3. The summed E-state index contributed by atoms with van der Waals surface area (Å²) in [5.41, 5.74) is 0.185. The van der Waals surface area contributed by atoms with Crippen molar-refractivity contribution in [1.29, 1.82) is 0 Å². The maximum Gasteiger partial charge on any atom is 0.337 e. The van der Waals surface area contributed by atoms with Crippen molar-refractivity contribution >= 4 is 17.6 Å². The molecule has 1 amide bonds. The minimum Gasteiger partial charge on any atom is -0.515 e. The van der Waals surface area contributed by atoms with Gasteiger partial charge in [0, 0.05) is 6.08 Å². The molecule has 1 aromatic rings. The zero-order chi connectivity index (χ0) is 11.3. The van der Waals surface area contributed by atoms with Gasteiger partial charge in [0.1, 0.15) is 0 Å². The largest absolute Gasteiger partial charge is 0.515 e. The number of aliphatic hydroxyl groups excluding tert-OH is 1. The molecule has 0 bridgehead atoms. The predicted octanol–water partition coefficient (Wildman–Crippen LogP) is 1.40. The number of carbonyl (C=O) groups excluding carboxylic acids is 1. The van der Waals surface area contributed by atoms with E-state index in [-0.39, 0.29) is 11.3 Å². The molecule has 0 atom stereocenters. The molecule has 3 N–H and O–H groups in total. The molecular formula is C10H9NO4. The number of amides is 1. The number of hydrogen-bond acceptors (Lipinski definition) is 3. The number of para-hydroxylation sites is 1. The maximum atomic E-state index is 11.0. The molecular weight excluding hydrogens is 198 g/mol. The van der Waals surface area contributed by atoms with Crippen molar-refractivity contribution in [3.63, 3.8) is 0 Å². The fraction of sp³-hybridized carbons (Fsp3) is 0.